The quantitative estimate of drug-likeness (QED) is 0.777. The van der Waals surface area contributed by atoms with Crippen molar-refractivity contribution in [3.8, 4) is 5.88 Å². The highest BCUT2D eigenvalue weighted by atomic mass is 16.5. The number of nitrogens with one attached hydrogen (secondary N) is 1. The van der Waals surface area contributed by atoms with Gasteiger partial charge in [-0.2, -0.15) is 4.98 Å². The highest BCUT2D eigenvalue weighted by molar-refractivity contribution is 5.38. The Morgan fingerprint density at radius 1 is 1.47 bits per heavy atom. The first-order valence-corrected chi connectivity index (χ1v) is 4.76. The predicted octanol–water partition coefficient (Wildman–Crippen LogP) is 0.976. The lowest BCUT2D eigenvalue weighted by Crippen LogP contribution is -2.29. The van der Waals surface area contributed by atoms with E-state index < -0.39 is 5.60 Å². The van der Waals surface area contributed by atoms with Crippen LogP contribution < -0.4 is 10.1 Å². The summed E-state index contributed by atoms with van der Waals surface area (Å²) in [6.07, 6.45) is 0. The van der Waals surface area contributed by atoms with Crippen LogP contribution in [-0.4, -0.2) is 34.3 Å². The summed E-state index contributed by atoms with van der Waals surface area (Å²) in [6.45, 7) is 5.67. The zero-order valence-electron chi connectivity index (χ0n) is 9.53. The van der Waals surface area contributed by atoms with Crippen LogP contribution in [-0.2, 0) is 0 Å². The van der Waals surface area contributed by atoms with Gasteiger partial charge in [-0.1, -0.05) is 0 Å². The maximum atomic E-state index is 9.54. The van der Waals surface area contributed by atoms with Crippen LogP contribution in [0.3, 0.4) is 0 Å². The molecule has 0 radical (unpaired) electrons. The number of hydrogen-bond donors (Lipinski definition) is 2. The summed E-state index contributed by atoms with van der Waals surface area (Å²) in [7, 11) is 1.56. The smallest absolute Gasteiger partial charge is 0.218 e. The van der Waals surface area contributed by atoms with E-state index in [1.165, 1.54) is 0 Å². The molecule has 0 fully saturated rings. The molecule has 15 heavy (non-hydrogen) atoms. The van der Waals surface area contributed by atoms with Gasteiger partial charge in [-0.15, -0.1) is 0 Å². The van der Waals surface area contributed by atoms with E-state index in [1.54, 1.807) is 33.9 Å². The molecule has 5 heteroatoms. The molecule has 0 atom stereocenters. The van der Waals surface area contributed by atoms with Gasteiger partial charge in [0.1, 0.15) is 11.6 Å². The first kappa shape index (κ1) is 11.7. The molecular formula is C10H17N3O2. The van der Waals surface area contributed by atoms with Crippen LogP contribution in [0.5, 0.6) is 5.88 Å². The summed E-state index contributed by atoms with van der Waals surface area (Å²) in [5, 5.41) is 12.6. The minimum absolute atomic E-state index is 0.423. The minimum Gasteiger partial charge on any atom is -0.481 e. The Balaban J connectivity index is 2.73. The van der Waals surface area contributed by atoms with E-state index in [-0.39, 0.29) is 0 Å². The number of methoxy groups -OCH3 is 1. The lowest BCUT2D eigenvalue weighted by atomic mass is 10.1. The Kier molecular flexibility index (Phi) is 3.47. The number of aryl methyl sites for hydroxylation is 1. The molecule has 2 N–H and O–H groups in total. The third-order valence-electron chi connectivity index (χ3n) is 1.73. The highest BCUT2D eigenvalue weighted by Gasteiger charge is 2.12. The first-order chi connectivity index (χ1) is 6.90. The fourth-order valence-corrected chi connectivity index (χ4v) is 1.04. The van der Waals surface area contributed by atoms with Crippen molar-refractivity contribution in [2.75, 3.05) is 19.0 Å². The third kappa shape index (κ3) is 4.12. The van der Waals surface area contributed by atoms with Gasteiger partial charge in [0, 0.05) is 12.6 Å². The lowest BCUT2D eigenvalue weighted by molar-refractivity contribution is 0.0944. The summed E-state index contributed by atoms with van der Waals surface area (Å²) in [4.78, 5) is 8.23. The SMILES string of the molecule is COc1cc(NCC(C)(C)O)nc(C)n1. The molecule has 0 bridgehead atoms. The number of ether oxygens (including phenoxy) is 1. The normalized spacial score (nSPS) is 11.3. The van der Waals surface area contributed by atoms with Crippen molar-refractivity contribution in [2.45, 2.75) is 26.4 Å². The zero-order valence-corrected chi connectivity index (χ0v) is 9.53. The van der Waals surface area contributed by atoms with Crippen molar-refractivity contribution >= 4 is 5.82 Å². The van der Waals surface area contributed by atoms with Gasteiger partial charge in [0.05, 0.1) is 12.7 Å². The van der Waals surface area contributed by atoms with E-state index in [0.29, 0.717) is 24.1 Å². The van der Waals surface area contributed by atoms with Gasteiger partial charge in [-0.3, -0.25) is 0 Å². The van der Waals surface area contributed by atoms with Crippen LogP contribution in [0.1, 0.15) is 19.7 Å². The molecule has 0 saturated carbocycles. The zero-order chi connectivity index (χ0) is 11.5. The van der Waals surface area contributed by atoms with Crippen molar-refractivity contribution in [2.24, 2.45) is 0 Å². The van der Waals surface area contributed by atoms with Gasteiger partial charge >= 0.3 is 0 Å². The molecule has 0 amide bonds. The number of nitrogens with zero attached hydrogens (tertiary/aromatic N) is 2. The van der Waals surface area contributed by atoms with Gasteiger partial charge in [-0.25, -0.2) is 4.98 Å². The lowest BCUT2D eigenvalue weighted by Gasteiger charge is -2.18. The van der Waals surface area contributed by atoms with Crippen LogP contribution in [0.2, 0.25) is 0 Å². The van der Waals surface area contributed by atoms with E-state index in [1.807, 2.05) is 0 Å². The molecule has 1 aromatic heterocycles. The summed E-state index contributed by atoms with van der Waals surface area (Å²) < 4.78 is 5.01. The van der Waals surface area contributed by atoms with Gasteiger partial charge in [-0.05, 0) is 20.8 Å². The van der Waals surface area contributed by atoms with Crippen LogP contribution in [0.15, 0.2) is 6.07 Å². The molecule has 0 aliphatic heterocycles. The number of anilines is 1. The average molecular weight is 211 g/mol. The minimum atomic E-state index is -0.772. The monoisotopic (exact) mass is 211 g/mol. The van der Waals surface area contributed by atoms with Crippen molar-refractivity contribution in [3.63, 3.8) is 0 Å². The third-order valence-corrected chi connectivity index (χ3v) is 1.73. The van der Waals surface area contributed by atoms with Crippen molar-refractivity contribution in [3.05, 3.63) is 11.9 Å². The van der Waals surface area contributed by atoms with Crippen molar-refractivity contribution in [1.29, 1.82) is 0 Å². The Bertz CT molecular complexity index is 334. The van der Waals surface area contributed by atoms with Gasteiger partial charge < -0.3 is 15.2 Å². The molecule has 5 nitrogen and oxygen atoms in total. The second-order valence-electron chi connectivity index (χ2n) is 4.01. The largest absolute Gasteiger partial charge is 0.481 e. The number of rotatable bonds is 4. The molecule has 1 heterocycles. The fourth-order valence-electron chi connectivity index (χ4n) is 1.04. The fraction of sp³-hybridized carbons (Fsp3) is 0.600. The first-order valence-electron chi connectivity index (χ1n) is 4.76. The molecular weight excluding hydrogens is 194 g/mol. The number of aromatic nitrogens is 2. The second kappa shape index (κ2) is 4.44. The summed E-state index contributed by atoms with van der Waals surface area (Å²) in [5.74, 6) is 1.80. The summed E-state index contributed by atoms with van der Waals surface area (Å²) in [6, 6.07) is 1.69. The molecule has 0 unspecified atom stereocenters. The molecule has 1 rings (SSSR count). The molecule has 0 aliphatic carbocycles. The van der Waals surface area contributed by atoms with E-state index in [4.69, 9.17) is 4.74 Å². The Labute approximate surface area is 89.5 Å². The Morgan fingerprint density at radius 2 is 2.13 bits per heavy atom. The molecule has 0 spiro atoms. The van der Waals surface area contributed by atoms with Crippen molar-refractivity contribution < 1.29 is 9.84 Å². The van der Waals surface area contributed by atoms with Gasteiger partial charge in [0.2, 0.25) is 5.88 Å². The number of aliphatic hydroxyl groups is 1. The Hall–Kier alpha value is -1.36. The Morgan fingerprint density at radius 3 is 2.67 bits per heavy atom. The summed E-state index contributed by atoms with van der Waals surface area (Å²) >= 11 is 0. The standard InChI is InChI=1S/C10H17N3O2/c1-7-12-8(5-9(13-7)15-4)11-6-10(2,3)14/h5,14H,6H2,1-4H3,(H,11,12,13). The maximum Gasteiger partial charge on any atom is 0.218 e. The molecule has 1 aromatic rings. The molecule has 84 valence electrons. The van der Waals surface area contributed by atoms with E-state index >= 15 is 0 Å². The predicted molar refractivity (Wildman–Crippen MR) is 58.1 cm³/mol. The molecule has 0 aliphatic rings. The molecule has 0 saturated heterocycles. The van der Waals surface area contributed by atoms with Crippen LogP contribution in [0.4, 0.5) is 5.82 Å². The van der Waals surface area contributed by atoms with Crippen LogP contribution in [0.25, 0.3) is 0 Å². The van der Waals surface area contributed by atoms with Gasteiger partial charge in [0.15, 0.2) is 0 Å². The summed E-state index contributed by atoms with van der Waals surface area (Å²) in [5.41, 5.74) is -0.772. The van der Waals surface area contributed by atoms with E-state index in [9.17, 15) is 5.11 Å². The second-order valence-corrected chi connectivity index (χ2v) is 4.01. The van der Waals surface area contributed by atoms with E-state index in [2.05, 4.69) is 15.3 Å². The van der Waals surface area contributed by atoms with Crippen LogP contribution >= 0.6 is 0 Å². The number of hydrogen-bond acceptors (Lipinski definition) is 5. The van der Waals surface area contributed by atoms with Crippen molar-refractivity contribution in [1.82, 2.24) is 9.97 Å². The molecule has 0 aromatic carbocycles. The highest BCUT2D eigenvalue weighted by Crippen LogP contribution is 2.13. The van der Waals surface area contributed by atoms with Gasteiger partial charge in [0.25, 0.3) is 0 Å². The maximum absolute atomic E-state index is 9.54. The topological polar surface area (TPSA) is 67.3 Å². The average Bonchev–Trinajstić information content (AvgIpc) is 2.13. The van der Waals surface area contributed by atoms with Crippen LogP contribution in [0, 0.1) is 6.92 Å². The van der Waals surface area contributed by atoms with E-state index in [0.717, 1.165) is 0 Å².